The van der Waals surface area contributed by atoms with Crippen molar-refractivity contribution >= 4 is 11.7 Å². The van der Waals surface area contributed by atoms with E-state index in [1.165, 1.54) is 5.56 Å². The van der Waals surface area contributed by atoms with Gasteiger partial charge in [-0.05, 0) is 49.6 Å². The molecule has 2 aromatic carbocycles. The molecular formula is C18H22N2O2. The minimum Gasteiger partial charge on any atom is -0.387 e. The van der Waals surface area contributed by atoms with Crippen molar-refractivity contribution in [2.75, 3.05) is 11.9 Å². The maximum Gasteiger partial charge on any atom is 0.319 e. The highest BCUT2D eigenvalue weighted by molar-refractivity contribution is 5.89. The summed E-state index contributed by atoms with van der Waals surface area (Å²) in [5, 5.41) is 15.5. The van der Waals surface area contributed by atoms with Crippen molar-refractivity contribution in [2.24, 2.45) is 0 Å². The maximum atomic E-state index is 11.9. The second-order valence-electron chi connectivity index (χ2n) is 5.56. The minimum absolute atomic E-state index is 0.166. The zero-order chi connectivity index (χ0) is 16.1. The van der Waals surface area contributed by atoms with E-state index >= 15 is 0 Å². The fourth-order valence-electron chi connectivity index (χ4n) is 2.09. The zero-order valence-electron chi connectivity index (χ0n) is 13.2. The number of hydrogen-bond acceptors (Lipinski definition) is 2. The first-order valence-electron chi connectivity index (χ1n) is 7.32. The van der Waals surface area contributed by atoms with E-state index in [0.717, 1.165) is 22.4 Å². The van der Waals surface area contributed by atoms with Crippen LogP contribution < -0.4 is 10.6 Å². The fraction of sp³-hybridized carbons (Fsp3) is 0.278. The number of aryl methyl sites for hydroxylation is 3. The lowest BCUT2D eigenvalue weighted by atomic mass is 10.1. The molecule has 0 bridgehead atoms. The molecule has 0 aliphatic carbocycles. The van der Waals surface area contributed by atoms with Gasteiger partial charge in [0.25, 0.3) is 0 Å². The molecule has 4 heteroatoms. The highest BCUT2D eigenvalue weighted by atomic mass is 16.3. The quantitative estimate of drug-likeness (QED) is 0.809. The molecule has 0 aliphatic rings. The van der Waals surface area contributed by atoms with Crippen LogP contribution in [0, 0.1) is 20.8 Å². The second-order valence-corrected chi connectivity index (χ2v) is 5.56. The maximum absolute atomic E-state index is 11.9. The van der Waals surface area contributed by atoms with Crippen molar-refractivity contribution in [3.8, 4) is 0 Å². The molecule has 0 spiro atoms. The molecule has 2 amide bonds. The molecule has 0 heterocycles. The largest absolute Gasteiger partial charge is 0.387 e. The van der Waals surface area contributed by atoms with Gasteiger partial charge in [0.15, 0.2) is 0 Å². The predicted molar refractivity (Wildman–Crippen MR) is 89.1 cm³/mol. The number of hydrogen-bond donors (Lipinski definition) is 3. The smallest absolute Gasteiger partial charge is 0.319 e. The second kappa shape index (κ2) is 7.09. The van der Waals surface area contributed by atoms with Crippen LogP contribution in [0.1, 0.15) is 28.4 Å². The molecular weight excluding hydrogens is 276 g/mol. The lowest BCUT2D eigenvalue weighted by Gasteiger charge is -2.13. The minimum atomic E-state index is -0.717. The van der Waals surface area contributed by atoms with Gasteiger partial charge in [0, 0.05) is 12.2 Å². The van der Waals surface area contributed by atoms with Crippen LogP contribution in [0.5, 0.6) is 0 Å². The molecule has 3 N–H and O–H groups in total. The Hall–Kier alpha value is -2.33. The summed E-state index contributed by atoms with van der Waals surface area (Å²) in [5.74, 6) is 0. The highest BCUT2D eigenvalue weighted by Gasteiger charge is 2.09. The van der Waals surface area contributed by atoms with E-state index in [1.807, 2.05) is 63.2 Å². The molecule has 116 valence electrons. The number of benzene rings is 2. The summed E-state index contributed by atoms with van der Waals surface area (Å²) in [6.07, 6.45) is -0.717. The predicted octanol–water partition coefficient (Wildman–Crippen LogP) is 3.47. The normalized spacial score (nSPS) is 11.8. The number of urea groups is 1. The average Bonchev–Trinajstić information content (AvgIpc) is 2.49. The first-order valence-corrected chi connectivity index (χ1v) is 7.32. The number of nitrogens with one attached hydrogen (secondary N) is 2. The standard InChI is InChI=1S/C18H22N2O2/c1-12-4-7-15(8-5-12)17(21)11-19-18(22)20-16-9-6-13(2)14(3)10-16/h4-10,17,21H,11H2,1-3H3,(H2,19,20,22)/t17-/m1/s1. The summed E-state index contributed by atoms with van der Waals surface area (Å²) >= 11 is 0. The van der Waals surface area contributed by atoms with Crippen LogP contribution in [0.4, 0.5) is 10.5 Å². The summed E-state index contributed by atoms with van der Waals surface area (Å²) in [6, 6.07) is 13.0. The molecule has 0 radical (unpaired) electrons. The first kappa shape index (κ1) is 16.0. The molecule has 0 aliphatic heterocycles. The Bertz CT molecular complexity index is 651. The summed E-state index contributed by atoms with van der Waals surface area (Å²) in [5.41, 5.74) is 4.97. The average molecular weight is 298 g/mol. The summed E-state index contributed by atoms with van der Waals surface area (Å²) < 4.78 is 0. The number of aliphatic hydroxyl groups is 1. The van der Waals surface area contributed by atoms with E-state index in [2.05, 4.69) is 10.6 Å². The van der Waals surface area contributed by atoms with Crippen LogP contribution >= 0.6 is 0 Å². The molecule has 0 saturated carbocycles. The van der Waals surface area contributed by atoms with Crippen LogP contribution in [0.25, 0.3) is 0 Å². The Balaban J connectivity index is 1.86. The monoisotopic (exact) mass is 298 g/mol. The van der Waals surface area contributed by atoms with Gasteiger partial charge >= 0.3 is 6.03 Å². The SMILES string of the molecule is Cc1ccc([C@H](O)CNC(=O)Nc2ccc(C)c(C)c2)cc1. The molecule has 2 aromatic rings. The molecule has 0 fully saturated rings. The van der Waals surface area contributed by atoms with E-state index < -0.39 is 6.10 Å². The topological polar surface area (TPSA) is 61.4 Å². The highest BCUT2D eigenvalue weighted by Crippen LogP contribution is 2.15. The van der Waals surface area contributed by atoms with Gasteiger partial charge in [0.05, 0.1) is 6.10 Å². The van der Waals surface area contributed by atoms with Gasteiger partial charge in [0.2, 0.25) is 0 Å². The van der Waals surface area contributed by atoms with E-state index in [-0.39, 0.29) is 12.6 Å². The first-order chi connectivity index (χ1) is 10.5. The molecule has 0 unspecified atom stereocenters. The van der Waals surface area contributed by atoms with Crippen LogP contribution in [0.3, 0.4) is 0 Å². The van der Waals surface area contributed by atoms with Crippen molar-refractivity contribution in [3.05, 3.63) is 64.7 Å². The third kappa shape index (κ3) is 4.33. The molecule has 1 atom stereocenters. The van der Waals surface area contributed by atoms with Gasteiger partial charge in [-0.1, -0.05) is 35.9 Å². The molecule has 2 rings (SSSR count). The summed E-state index contributed by atoms with van der Waals surface area (Å²) in [6.45, 7) is 6.18. The fourth-order valence-corrected chi connectivity index (χ4v) is 2.09. The lowest BCUT2D eigenvalue weighted by molar-refractivity contribution is 0.175. The Kier molecular flexibility index (Phi) is 5.17. The molecule has 0 saturated heterocycles. The number of anilines is 1. The van der Waals surface area contributed by atoms with Crippen molar-refractivity contribution in [3.63, 3.8) is 0 Å². The van der Waals surface area contributed by atoms with Crippen molar-refractivity contribution < 1.29 is 9.90 Å². The van der Waals surface area contributed by atoms with Gasteiger partial charge in [-0.3, -0.25) is 0 Å². The van der Waals surface area contributed by atoms with Crippen LogP contribution in [0.2, 0.25) is 0 Å². The Morgan fingerprint density at radius 2 is 1.73 bits per heavy atom. The van der Waals surface area contributed by atoms with Crippen molar-refractivity contribution in [1.29, 1.82) is 0 Å². The summed E-state index contributed by atoms with van der Waals surface area (Å²) in [4.78, 5) is 11.9. The third-order valence-corrected chi connectivity index (χ3v) is 3.68. The van der Waals surface area contributed by atoms with E-state index in [1.54, 1.807) is 0 Å². The van der Waals surface area contributed by atoms with Gasteiger partial charge in [-0.2, -0.15) is 0 Å². The van der Waals surface area contributed by atoms with Crippen LogP contribution in [-0.2, 0) is 0 Å². The van der Waals surface area contributed by atoms with E-state index in [9.17, 15) is 9.90 Å². The number of amides is 2. The number of carbonyl (C=O) groups is 1. The van der Waals surface area contributed by atoms with Gasteiger partial charge in [0.1, 0.15) is 0 Å². The molecule has 22 heavy (non-hydrogen) atoms. The number of aliphatic hydroxyl groups excluding tert-OH is 1. The lowest BCUT2D eigenvalue weighted by Crippen LogP contribution is -2.32. The Morgan fingerprint density at radius 1 is 1.05 bits per heavy atom. The number of rotatable bonds is 4. The molecule has 0 aromatic heterocycles. The van der Waals surface area contributed by atoms with Gasteiger partial charge in [-0.25, -0.2) is 4.79 Å². The van der Waals surface area contributed by atoms with Crippen LogP contribution in [-0.4, -0.2) is 17.7 Å². The number of carbonyl (C=O) groups excluding carboxylic acids is 1. The van der Waals surface area contributed by atoms with Gasteiger partial charge in [-0.15, -0.1) is 0 Å². The third-order valence-electron chi connectivity index (χ3n) is 3.68. The Labute approximate surface area is 131 Å². The van der Waals surface area contributed by atoms with Crippen molar-refractivity contribution in [2.45, 2.75) is 26.9 Å². The van der Waals surface area contributed by atoms with E-state index in [4.69, 9.17) is 0 Å². The zero-order valence-corrected chi connectivity index (χ0v) is 13.2. The Morgan fingerprint density at radius 3 is 2.36 bits per heavy atom. The summed E-state index contributed by atoms with van der Waals surface area (Å²) in [7, 11) is 0. The van der Waals surface area contributed by atoms with Gasteiger partial charge < -0.3 is 15.7 Å². The van der Waals surface area contributed by atoms with Crippen LogP contribution in [0.15, 0.2) is 42.5 Å². The molecule has 4 nitrogen and oxygen atoms in total. The van der Waals surface area contributed by atoms with E-state index in [0.29, 0.717) is 0 Å². The van der Waals surface area contributed by atoms with Crippen molar-refractivity contribution in [1.82, 2.24) is 5.32 Å².